The molecule has 0 saturated carbocycles. The zero-order valence-corrected chi connectivity index (χ0v) is 21.4. The van der Waals surface area contributed by atoms with Gasteiger partial charge in [0.25, 0.3) is 0 Å². The highest BCUT2D eigenvalue weighted by molar-refractivity contribution is 6.19. The van der Waals surface area contributed by atoms with Crippen LogP contribution in [0.3, 0.4) is 0 Å². The van der Waals surface area contributed by atoms with E-state index >= 15 is 0 Å². The summed E-state index contributed by atoms with van der Waals surface area (Å²) in [7, 11) is 0. The van der Waals surface area contributed by atoms with Crippen molar-refractivity contribution >= 4 is 32.6 Å². The van der Waals surface area contributed by atoms with Crippen molar-refractivity contribution in [3.8, 4) is 39.1 Å². The minimum atomic E-state index is -0.0946. The average Bonchev–Trinajstić information content (AvgIpc) is 3.55. The van der Waals surface area contributed by atoms with Gasteiger partial charge in [-0.25, -0.2) is 0 Å². The first kappa shape index (κ1) is 20.4. The predicted octanol–water partition coefficient (Wildman–Crippen LogP) is 9.89. The molecule has 0 spiro atoms. The molecule has 38 heavy (non-hydrogen) atoms. The van der Waals surface area contributed by atoms with Crippen molar-refractivity contribution in [1.29, 1.82) is 0 Å². The molecule has 1 aromatic heterocycles. The third kappa shape index (κ3) is 2.29. The number of hydrogen-bond donors (Lipinski definition) is 0. The molecule has 2 aliphatic carbocycles. The fourth-order valence-corrected chi connectivity index (χ4v) is 7.55. The molecule has 0 radical (unpaired) electrons. The zero-order chi connectivity index (χ0) is 25.2. The molecule has 0 amide bonds. The molecule has 0 atom stereocenters. The van der Waals surface area contributed by atoms with Crippen LogP contribution in [-0.2, 0) is 5.41 Å². The number of rotatable bonds is 1. The van der Waals surface area contributed by atoms with E-state index in [0.717, 1.165) is 0 Å². The van der Waals surface area contributed by atoms with Gasteiger partial charge in [0, 0.05) is 21.6 Å². The van der Waals surface area contributed by atoms with Crippen molar-refractivity contribution in [1.82, 2.24) is 4.57 Å². The second kappa shape index (κ2) is 6.82. The van der Waals surface area contributed by atoms with E-state index < -0.39 is 0 Å². The van der Waals surface area contributed by atoms with Crippen LogP contribution in [0.2, 0.25) is 0 Å². The third-order valence-electron chi connectivity index (χ3n) is 9.12. The van der Waals surface area contributed by atoms with Gasteiger partial charge in [-0.1, -0.05) is 117 Å². The Labute approximate surface area is 221 Å². The lowest BCUT2D eigenvalue weighted by atomic mass is 9.81. The van der Waals surface area contributed by atoms with Crippen LogP contribution in [0.5, 0.6) is 0 Å². The van der Waals surface area contributed by atoms with Crippen LogP contribution in [0, 0.1) is 0 Å². The minimum absolute atomic E-state index is 0.0946. The summed E-state index contributed by atoms with van der Waals surface area (Å²) in [5.74, 6) is 0. The van der Waals surface area contributed by atoms with Gasteiger partial charge in [-0.3, -0.25) is 0 Å². The normalized spacial score (nSPS) is 14.3. The molecule has 1 nitrogen and oxygen atoms in total. The van der Waals surface area contributed by atoms with Gasteiger partial charge in [0.2, 0.25) is 0 Å². The predicted molar refractivity (Wildman–Crippen MR) is 160 cm³/mol. The number of para-hydroxylation sites is 1. The molecule has 0 unspecified atom stereocenters. The number of aromatic nitrogens is 1. The summed E-state index contributed by atoms with van der Waals surface area (Å²) in [6.45, 7) is 4.78. The quantitative estimate of drug-likeness (QED) is 0.219. The molecule has 0 fully saturated rings. The minimum Gasteiger partial charge on any atom is -0.308 e. The van der Waals surface area contributed by atoms with E-state index in [4.69, 9.17) is 0 Å². The van der Waals surface area contributed by atoms with Gasteiger partial charge in [0.1, 0.15) is 0 Å². The van der Waals surface area contributed by atoms with E-state index in [1.165, 1.54) is 82.8 Å². The highest BCUT2D eigenvalue weighted by Crippen LogP contribution is 2.54. The monoisotopic (exact) mass is 483 g/mol. The van der Waals surface area contributed by atoms with Gasteiger partial charge in [-0.05, 0) is 62.0 Å². The fraction of sp³-hybridized carbons (Fsp3) is 0.0811. The highest BCUT2D eigenvalue weighted by atomic mass is 15.0. The molecule has 7 aromatic rings. The first-order chi connectivity index (χ1) is 18.6. The van der Waals surface area contributed by atoms with Crippen LogP contribution in [0.25, 0.3) is 71.6 Å². The van der Waals surface area contributed by atoms with Crippen LogP contribution in [-0.4, -0.2) is 4.57 Å². The summed E-state index contributed by atoms with van der Waals surface area (Å²) in [6, 6.07) is 42.9. The Hall–Kier alpha value is -4.62. The van der Waals surface area contributed by atoms with E-state index in [2.05, 4.69) is 134 Å². The maximum absolute atomic E-state index is 2.56. The summed E-state index contributed by atoms with van der Waals surface area (Å²) >= 11 is 0. The molecule has 0 N–H and O–H groups in total. The van der Waals surface area contributed by atoms with Gasteiger partial charge in [0.05, 0.1) is 16.7 Å². The Morgan fingerprint density at radius 3 is 1.95 bits per heavy atom. The number of nitrogens with zero attached hydrogens (tertiary/aromatic N) is 1. The smallest absolute Gasteiger partial charge is 0.0588 e. The Morgan fingerprint density at radius 2 is 1.11 bits per heavy atom. The summed E-state index contributed by atoms with van der Waals surface area (Å²) in [6.07, 6.45) is 0. The van der Waals surface area contributed by atoms with Crippen molar-refractivity contribution < 1.29 is 0 Å². The molecular weight excluding hydrogens is 458 g/mol. The van der Waals surface area contributed by atoms with Gasteiger partial charge in [0.15, 0.2) is 0 Å². The van der Waals surface area contributed by atoms with E-state index in [9.17, 15) is 0 Å². The van der Waals surface area contributed by atoms with Crippen molar-refractivity contribution in [3.05, 3.63) is 126 Å². The largest absolute Gasteiger partial charge is 0.308 e. The van der Waals surface area contributed by atoms with Crippen LogP contribution >= 0.6 is 0 Å². The summed E-state index contributed by atoms with van der Waals surface area (Å²) in [4.78, 5) is 0. The van der Waals surface area contributed by atoms with Crippen LogP contribution in [0.4, 0.5) is 0 Å². The van der Waals surface area contributed by atoms with Gasteiger partial charge < -0.3 is 4.57 Å². The molecule has 0 saturated heterocycles. The summed E-state index contributed by atoms with van der Waals surface area (Å²) < 4.78 is 2.56. The van der Waals surface area contributed by atoms with Crippen LogP contribution < -0.4 is 0 Å². The first-order valence-electron chi connectivity index (χ1n) is 13.5. The van der Waals surface area contributed by atoms with Crippen LogP contribution in [0.1, 0.15) is 25.0 Å². The van der Waals surface area contributed by atoms with E-state index in [1.54, 1.807) is 0 Å². The summed E-state index contributed by atoms with van der Waals surface area (Å²) in [5.41, 5.74) is 14.7. The van der Waals surface area contributed by atoms with Crippen molar-refractivity contribution in [3.63, 3.8) is 0 Å². The Bertz CT molecular complexity index is 2130. The Balaban J connectivity index is 1.47. The molecule has 0 bridgehead atoms. The molecular formula is C37H25N. The van der Waals surface area contributed by atoms with E-state index in [1.807, 2.05) is 0 Å². The topological polar surface area (TPSA) is 4.93 Å². The van der Waals surface area contributed by atoms with E-state index in [0.29, 0.717) is 0 Å². The van der Waals surface area contributed by atoms with Crippen LogP contribution in [0.15, 0.2) is 115 Å². The zero-order valence-electron chi connectivity index (χ0n) is 21.4. The standard InChI is InChI=1S/C37H25N/c1-37(2)31-16-7-5-12-24(31)28-18-19-29-25-13-6-8-17-32(25)38(36(29)35(28)37)33-21-20-27-23-11-4-3-10-22(23)26-14-9-15-30(33)34(26)27/h3-21H,1-2H3. The number of benzene rings is 6. The number of hydrogen-bond acceptors (Lipinski definition) is 0. The molecule has 2 aliphatic rings. The van der Waals surface area contributed by atoms with Gasteiger partial charge in [-0.15, -0.1) is 0 Å². The lowest BCUT2D eigenvalue weighted by Crippen LogP contribution is -2.16. The van der Waals surface area contributed by atoms with Crippen molar-refractivity contribution in [2.24, 2.45) is 0 Å². The third-order valence-corrected chi connectivity index (χ3v) is 9.12. The molecule has 6 aromatic carbocycles. The lowest BCUT2D eigenvalue weighted by Gasteiger charge is -2.24. The molecule has 1 heteroatoms. The fourth-order valence-electron chi connectivity index (χ4n) is 7.55. The first-order valence-corrected chi connectivity index (χ1v) is 13.5. The van der Waals surface area contributed by atoms with E-state index in [-0.39, 0.29) is 5.41 Å². The molecule has 0 aliphatic heterocycles. The maximum atomic E-state index is 2.56. The second-order valence-corrected chi connectivity index (χ2v) is 11.3. The Morgan fingerprint density at radius 1 is 0.474 bits per heavy atom. The summed E-state index contributed by atoms with van der Waals surface area (Å²) in [5, 5.41) is 5.31. The lowest BCUT2D eigenvalue weighted by molar-refractivity contribution is 0.664. The highest BCUT2D eigenvalue weighted by Gasteiger charge is 2.38. The average molecular weight is 484 g/mol. The van der Waals surface area contributed by atoms with Crippen molar-refractivity contribution in [2.75, 3.05) is 0 Å². The Kier molecular flexibility index (Phi) is 3.67. The van der Waals surface area contributed by atoms with Gasteiger partial charge in [-0.2, -0.15) is 0 Å². The molecule has 178 valence electrons. The van der Waals surface area contributed by atoms with Crippen molar-refractivity contribution in [2.45, 2.75) is 19.3 Å². The van der Waals surface area contributed by atoms with Gasteiger partial charge >= 0.3 is 0 Å². The second-order valence-electron chi connectivity index (χ2n) is 11.3. The maximum Gasteiger partial charge on any atom is 0.0588 e. The molecule has 9 rings (SSSR count). The molecule has 1 heterocycles. The number of fused-ring (bicyclic) bond motifs is 10. The SMILES string of the molecule is CC1(C)c2ccccc2-c2ccc3c4ccccc4n(-c4ccc5c6c(cccc46)-c4ccccc4-5)c3c21.